The summed E-state index contributed by atoms with van der Waals surface area (Å²) in [6, 6.07) is 2.54. The van der Waals surface area contributed by atoms with E-state index in [-0.39, 0.29) is 93.9 Å². The van der Waals surface area contributed by atoms with Crippen molar-refractivity contribution in [2.24, 2.45) is 50.3 Å². The molecule has 20 N–H and O–H groups in total. The number of benzene rings is 2. The number of nitrogens with one attached hydrogen (secondary N) is 7. The number of amides is 8. The third-order valence-electron chi connectivity index (χ3n) is 12.5. The van der Waals surface area contributed by atoms with Gasteiger partial charge in [-0.2, -0.15) is 4.72 Å². The fourth-order valence-electron chi connectivity index (χ4n) is 8.60. The molecule has 434 valence electrons. The number of aliphatic imine (C=N–C) groups is 2. The van der Waals surface area contributed by atoms with Crippen molar-refractivity contribution >= 4 is 85.7 Å². The number of nitrogens with zero attached hydrogens (tertiary/aromatic N) is 4. The summed E-state index contributed by atoms with van der Waals surface area (Å²) in [6.45, 7) is 4.12. The number of anilines is 1. The zero-order chi connectivity index (χ0) is 58.3. The number of nitrogens with two attached hydrogens (primary N) is 6. The number of carbonyl (C=O) groups excluding carboxylic acids is 8. The maximum Gasteiger partial charge on any atom is 0.245 e. The number of aliphatic hydroxyl groups excluding tert-OH is 1. The Morgan fingerprint density at radius 1 is 0.705 bits per heavy atom. The molecule has 1 heterocycles. The lowest BCUT2D eigenvalue weighted by molar-refractivity contribution is -0.141. The van der Waals surface area contributed by atoms with Crippen LogP contribution < -0.4 is 75.9 Å². The van der Waals surface area contributed by atoms with Gasteiger partial charge in [0, 0.05) is 50.2 Å². The number of primary amides is 1. The minimum atomic E-state index is -4.30. The monoisotopic (exact) mass is 1120 g/mol. The molecule has 29 heteroatoms. The van der Waals surface area contributed by atoms with Gasteiger partial charge in [0.25, 0.3) is 0 Å². The van der Waals surface area contributed by atoms with Gasteiger partial charge >= 0.3 is 0 Å². The lowest BCUT2D eigenvalue weighted by atomic mass is 10.0. The van der Waals surface area contributed by atoms with E-state index in [0.717, 1.165) is 5.69 Å². The van der Waals surface area contributed by atoms with Crippen molar-refractivity contribution in [3.63, 3.8) is 0 Å². The lowest BCUT2D eigenvalue weighted by Crippen LogP contribution is -2.60. The van der Waals surface area contributed by atoms with E-state index in [1.54, 1.807) is 18.2 Å². The minimum absolute atomic E-state index is 0.00237. The normalized spacial score (nSPS) is 15.6. The van der Waals surface area contributed by atoms with Crippen LogP contribution in [0.4, 0.5) is 5.69 Å². The fraction of sp³-hybridized carbons (Fsp3) is 0.592. The third kappa shape index (κ3) is 20.9. The molecule has 2 aromatic carbocycles. The molecule has 0 aromatic heterocycles. The molecular weight excluding hydrogens is 1030 g/mol. The first kappa shape index (κ1) is 64.9. The predicted octanol–water partition coefficient (Wildman–Crippen LogP) is -4.14. The SMILES string of the molecule is CC(C)C[C@H](NS(=O)(=O)c1cccc2c(N(C)C)cccc12)C(=O)N1CCC[C@H]1C(=O)N[C@@H](CCCCN)C(=O)N[C@H](C(=O)NCC(=O)NCC(=O)N[C@@H](CCCN=C(N)N)C(=O)N[C@@H](CCCN=C(N)N)C(N)=O)[C@@H](C)O. The smallest absolute Gasteiger partial charge is 0.245 e. The summed E-state index contributed by atoms with van der Waals surface area (Å²) in [5.41, 5.74) is 33.5. The molecule has 0 unspecified atom stereocenters. The Morgan fingerprint density at radius 3 is 1.87 bits per heavy atom. The van der Waals surface area contributed by atoms with Crippen molar-refractivity contribution in [2.45, 2.75) is 132 Å². The zero-order valence-corrected chi connectivity index (χ0v) is 45.9. The maximum absolute atomic E-state index is 14.4. The Kier molecular flexibility index (Phi) is 26.4. The van der Waals surface area contributed by atoms with E-state index in [0.29, 0.717) is 30.0 Å². The highest BCUT2D eigenvalue weighted by atomic mass is 32.2. The highest BCUT2D eigenvalue weighted by Gasteiger charge is 2.41. The summed E-state index contributed by atoms with van der Waals surface area (Å²) in [4.78, 5) is 118. The van der Waals surface area contributed by atoms with E-state index >= 15 is 0 Å². The van der Waals surface area contributed by atoms with Crippen molar-refractivity contribution in [1.82, 2.24) is 41.5 Å². The van der Waals surface area contributed by atoms with Crippen molar-refractivity contribution in [1.29, 1.82) is 0 Å². The summed E-state index contributed by atoms with van der Waals surface area (Å²) in [5, 5.41) is 26.5. The van der Waals surface area contributed by atoms with Crippen LogP contribution in [0, 0.1) is 5.92 Å². The van der Waals surface area contributed by atoms with Gasteiger partial charge in [0.2, 0.25) is 57.3 Å². The number of aliphatic hydroxyl groups is 1. The van der Waals surface area contributed by atoms with Crippen LogP contribution in [0.2, 0.25) is 0 Å². The van der Waals surface area contributed by atoms with Gasteiger partial charge in [-0.3, -0.25) is 48.3 Å². The van der Waals surface area contributed by atoms with Crippen LogP contribution in [0.5, 0.6) is 0 Å². The number of hydrogen-bond donors (Lipinski definition) is 14. The van der Waals surface area contributed by atoms with Gasteiger partial charge in [-0.25, -0.2) is 8.42 Å². The van der Waals surface area contributed by atoms with E-state index in [9.17, 15) is 51.9 Å². The summed E-state index contributed by atoms with van der Waals surface area (Å²) in [6.07, 6.45) is 0.588. The molecule has 1 aliphatic heterocycles. The largest absolute Gasteiger partial charge is 0.391 e. The molecule has 1 saturated heterocycles. The van der Waals surface area contributed by atoms with Crippen molar-refractivity contribution in [2.75, 3.05) is 58.3 Å². The minimum Gasteiger partial charge on any atom is -0.391 e. The van der Waals surface area contributed by atoms with Crippen LogP contribution in [0.1, 0.15) is 85.0 Å². The van der Waals surface area contributed by atoms with E-state index in [4.69, 9.17) is 34.4 Å². The summed E-state index contributed by atoms with van der Waals surface area (Å²) in [7, 11) is -0.614. The second-order valence-electron chi connectivity index (χ2n) is 19.6. The molecule has 0 spiro atoms. The summed E-state index contributed by atoms with van der Waals surface area (Å²) in [5.74, 6) is -7.04. The molecule has 0 saturated carbocycles. The number of hydrogen-bond acceptors (Lipinski definition) is 15. The molecular formula is C49H81N17O11S. The highest BCUT2D eigenvalue weighted by Crippen LogP contribution is 2.31. The third-order valence-corrected chi connectivity index (χ3v) is 14.0. The number of sulfonamides is 1. The molecule has 7 atom stereocenters. The second-order valence-corrected chi connectivity index (χ2v) is 21.2. The quantitative estimate of drug-likeness (QED) is 0.0183. The Labute approximate surface area is 454 Å². The Balaban J connectivity index is 1.68. The number of fused-ring (bicyclic) bond motifs is 1. The van der Waals surface area contributed by atoms with Gasteiger partial charge in [-0.15, -0.1) is 0 Å². The Bertz CT molecular complexity index is 2570. The van der Waals surface area contributed by atoms with Crippen LogP contribution >= 0.6 is 0 Å². The van der Waals surface area contributed by atoms with Crippen LogP contribution in [0.3, 0.4) is 0 Å². The number of guanidine groups is 2. The molecule has 28 nitrogen and oxygen atoms in total. The molecule has 0 radical (unpaired) electrons. The van der Waals surface area contributed by atoms with Crippen molar-refractivity contribution < 1.29 is 51.9 Å². The summed E-state index contributed by atoms with van der Waals surface area (Å²) >= 11 is 0. The number of likely N-dealkylation sites (tertiary alicyclic amines) is 1. The first-order chi connectivity index (χ1) is 36.8. The fourth-order valence-corrected chi connectivity index (χ4v) is 10.0. The van der Waals surface area contributed by atoms with Gasteiger partial charge in [-0.05, 0) is 95.7 Å². The van der Waals surface area contributed by atoms with E-state index in [1.165, 1.54) is 17.9 Å². The highest BCUT2D eigenvalue weighted by molar-refractivity contribution is 7.89. The van der Waals surface area contributed by atoms with Crippen LogP contribution in [-0.4, -0.2) is 173 Å². The topological polar surface area (TPSA) is 462 Å². The summed E-state index contributed by atoms with van der Waals surface area (Å²) < 4.78 is 30.9. The average Bonchev–Trinajstić information content (AvgIpc) is 3.87. The molecule has 78 heavy (non-hydrogen) atoms. The first-order valence-corrected chi connectivity index (χ1v) is 27.3. The van der Waals surface area contributed by atoms with E-state index in [2.05, 4.69) is 46.6 Å². The van der Waals surface area contributed by atoms with Crippen LogP contribution in [0.25, 0.3) is 10.8 Å². The Morgan fingerprint density at radius 2 is 1.28 bits per heavy atom. The maximum atomic E-state index is 14.4. The standard InChI is InChI=1S/C49H81N17O11S/c1-28(2)25-35(64-78(76,77)38-20-9-13-30-31(38)14-8-18-36(30)65(4)5)47(75)66-24-12-19-37(66)45(73)62-34(15-6-7-21-50)44(72)63-41(29(3)67)46(74)59-26-39(68)58-27-40(69)60-33(17-11-23-57-49(54)55)43(71)61-32(42(51)70)16-10-22-56-48(52)53/h8-9,13-14,18,20,28-29,32-35,37,41,64,67H,6-7,10-12,15-17,19,21-27,50H2,1-5H3,(H2,51,70)(H,58,68)(H,59,74)(H,60,69)(H,61,71)(H,62,73)(H,63,72)(H4,52,53,56)(H4,54,55,57)/t29-,32+,33+,34+,35+,37+,41+/m1/s1. The molecule has 8 amide bonds. The number of unbranched alkanes of at least 4 members (excludes halogenated alkanes) is 1. The van der Waals surface area contributed by atoms with Gasteiger partial charge < -0.3 is 81.2 Å². The van der Waals surface area contributed by atoms with Gasteiger partial charge in [0.1, 0.15) is 36.3 Å². The van der Waals surface area contributed by atoms with Crippen molar-refractivity contribution in [3.8, 4) is 0 Å². The van der Waals surface area contributed by atoms with Crippen LogP contribution in [-0.2, 0) is 48.4 Å². The lowest BCUT2D eigenvalue weighted by Gasteiger charge is -2.31. The van der Waals surface area contributed by atoms with Gasteiger partial charge in [-0.1, -0.05) is 38.1 Å². The van der Waals surface area contributed by atoms with E-state index in [1.807, 2.05) is 45.0 Å². The van der Waals surface area contributed by atoms with Gasteiger partial charge in [0.15, 0.2) is 11.9 Å². The molecule has 1 fully saturated rings. The first-order valence-electron chi connectivity index (χ1n) is 25.8. The molecule has 0 aliphatic carbocycles. The van der Waals surface area contributed by atoms with Crippen LogP contribution in [0.15, 0.2) is 51.3 Å². The zero-order valence-electron chi connectivity index (χ0n) is 45.1. The van der Waals surface area contributed by atoms with E-state index < -0.39 is 113 Å². The Hall–Kier alpha value is -7.37. The molecule has 2 aromatic rings. The molecule has 0 bridgehead atoms. The molecule has 1 aliphatic rings. The number of rotatable bonds is 33. The average molecular weight is 1120 g/mol. The number of carbonyl (C=O) groups is 8. The predicted molar refractivity (Wildman–Crippen MR) is 294 cm³/mol. The second kappa shape index (κ2) is 31.8. The van der Waals surface area contributed by atoms with Crippen molar-refractivity contribution in [3.05, 3.63) is 36.4 Å². The van der Waals surface area contributed by atoms with Gasteiger partial charge in [0.05, 0.1) is 24.1 Å². The molecule has 3 rings (SSSR count).